The lowest BCUT2D eigenvalue weighted by atomic mass is 9.88. The standard InChI is InChI=1S/C26H29N3O6/c1-3-12-27-25(31)23(28-24(30)19-6-9-21-22(15-19)35-16-34-21)17-10-13-29(14-11-17)26(32)18-4-7-20(33-2)8-5-18/h3-9,15,17,23H,1,10-14,16H2,2H3,(H,27,31)(H,28,30)/t23-/m1/s1. The number of amides is 3. The predicted octanol–water partition coefficient (Wildman–Crippen LogP) is 2.38. The third-order valence-electron chi connectivity index (χ3n) is 6.26. The van der Waals surface area contributed by atoms with Gasteiger partial charge in [-0.15, -0.1) is 6.58 Å². The van der Waals surface area contributed by atoms with Gasteiger partial charge in [0.2, 0.25) is 12.7 Å². The predicted molar refractivity (Wildman–Crippen MR) is 129 cm³/mol. The molecule has 1 atom stereocenters. The van der Waals surface area contributed by atoms with Crippen molar-refractivity contribution >= 4 is 17.7 Å². The van der Waals surface area contributed by atoms with Crippen molar-refractivity contribution in [1.82, 2.24) is 15.5 Å². The molecule has 9 nitrogen and oxygen atoms in total. The summed E-state index contributed by atoms with van der Waals surface area (Å²) >= 11 is 0. The van der Waals surface area contributed by atoms with E-state index in [0.717, 1.165) is 0 Å². The van der Waals surface area contributed by atoms with Crippen LogP contribution < -0.4 is 24.8 Å². The van der Waals surface area contributed by atoms with Crippen LogP contribution in [-0.2, 0) is 4.79 Å². The minimum atomic E-state index is -0.744. The summed E-state index contributed by atoms with van der Waals surface area (Å²) in [5, 5.41) is 5.68. The number of fused-ring (bicyclic) bond motifs is 1. The van der Waals surface area contributed by atoms with E-state index in [1.165, 1.54) is 0 Å². The second kappa shape index (κ2) is 10.9. The summed E-state index contributed by atoms with van der Waals surface area (Å²) in [4.78, 5) is 40.6. The molecule has 1 fully saturated rings. The molecule has 0 unspecified atom stereocenters. The van der Waals surface area contributed by atoms with Crippen LogP contribution in [0.4, 0.5) is 0 Å². The smallest absolute Gasteiger partial charge is 0.253 e. The Hall–Kier alpha value is -4.01. The molecule has 9 heteroatoms. The molecule has 3 amide bonds. The number of hydrogen-bond donors (Lipinski definition) is 2. The van der Waals surface area contributed by atoms with E-state index < -0.39 is 6.04 Å². The highest BCUT2D eigenvalue weighted by Gasteiger charge is 2.34. The van der Waals surface area contributed by atoms with Crippen molar-refractivity contribution in [3.8, 4) is 17.2 Å². The summed E-state index contributed by atoms with van der Waals surface area (Å²) in [6.45, 7) is 5.02. The maximum atomic E-state index is 13.0. The van der Waals surface area contributed by atoms with Crippen LogP contribution in [0.2, 0.25) is 0 Å². The zero-order chi connectivity index (χ0) is 24.8. The third kappa shape index (κ3) is 5.56. The number of nitrogens with zero attached hydrogens (tertiary/aromatic N) is 1. The van der Waals surface area contributed by atoms with Gasteiger partial charge in [0.25, 0.3) is 11.8 Å². The van der Waals surface area contributed by atoms with Gasteiger partial charge in [0.15, 0.2) is 11.5 Å². The van der Waals surface area contributed by atoms with E-state index in [4.69, 9.17) is 14.2 Å². The number of likely N-dealkylation sites (tertiary alicyclic amines) is 1. The number of carbonyl (C=O) groups is 3. The van der Waals surface area contributed by atoms with E-state index in [0.29, 0.717) is 60.9 Å². The third-order valence-corrected chi connectivity index (χ3v) is 6.26. The van der Waals surface area contributed by atoms with Crippen LogP contribution in [0.3, 0.4) is 0 Å². The minimum Gasteiger partial charge on any atom is -0.497 e. The van der Waals surface area contributed by atoms with Gasteiger partial charge in [-0.05, 0) is 61.2 Å². The molecule has 1 saturated heterocycles. The average Bonchev–Trinajstić information content (AvgIpc) is 3.38. The van der Waals surface area contributed by atoms with Crippen LogP contribution >= 0.6 is 0 Å². The second-order valence-corrected chi connectivity index (χ2v) is 8.41. The molecule has 35 heavy (non-hydrogen) atoms. The number of hydrogen-bond acceptors (Lipinski definition) is 6. The van der Waals surface area contributed by atoms with Crippen LogP contribution in [0.5, 0.6) is 17.2 Å². The molecule has 2 heterocycles. The average molecular weight is 480 g/mol. The highest BCUT2D eigenvalue weighted by Crippen LogP contribution is 2.32. The normalized spacial score (nSPS) is 15.7. The topological polar surface area (TPSA) is 106 Å². The highest BCUT2D eigenvalue weighted by molar-refractivity contribution is 5.98. The van der Waals surface area contributed by atoms with Gasteiger partial charge in [0.05, 0.1) is 7.11 Å². The molecule has 2 N–H and O–H groups in total. The van der Waals surface area contributed by atoms with Crippen molar-refractivity contribution in [1.29, 1.82) is 0 Å². The summed E-state index contributed by atoms with van der Waals surface area (Å²) in [5.41, 5.74) is 0.962. The number of carbonyl (C=O) groups excluding carboxylic acids is 3. The van der Waals surface area contributed by atoms with Gasteiger partial charge in [-0.25, -0.2) is 0 Å². The van der Waals surface area contributed by atoms with Crippen molar-refractivity contribution in [2.24, 2.45) is 5.92 Å². The summed E-state index contributed by atoms with van der Waals surface area (Å²) in [7, 11) is 1.58. The summed E-state index contributed by atoms with van der Waals surface area (Å²) < 4.78 is 15.8. The maximum absolute atomic E-state index is 13.0. The lowest BCUT2D eigenvalue weighted by Gasteiger charge is -2.35. The summed E-state index contributed by atoms with van der Waals surface area (Å²) in [6, 6.07) is 11.2. The van der Waals surface area contributed by atoms with Crippen LogP contribution in [0.15, 0.2) is 55.1 Å². The molecule has 0 aromatic heterocycles. The van der Waals surface area contributed by atoms with E-state index in [1.807, 2.05) is 0 Å². The molecule has 0 radical (unpaired) electrons. The monoisotopic (exact) mass is 479 g/mol. The number of nitrogens with one attached hydrogen (secondary N) is 2. The molecule has 184 valence electrons. The van der Waals surface area contributed by atoms with E-state index in [1.54, 1.807) is 60.6 Å². The van der Waals surface area contributed by atoms with Crippen LogP contribution in [0.1, 0.15) is 33.6 Å². The molecule has 2 aliphatic heterocycles. The molecular weight excluding hydrogens is 450 g/mol. The highest BCUT2D eigenvalue weighted by atomic mass is 16.7. The fraction of sp³-hybridized carbons (Fsp3) is 0.346. The van der Waals surface area contributed by atoms with Gasteiger partial charge in [-0.3, -0.25) is 14.4 Å². The van der Waals surface area contributed by atoms with Crippen molar-refractivity contribution in [2.45, 2.75) is 18.9 Å². The number of methoxy groups -OCH3 is 1. The quantitative estimate of drug-likeness (QED) is 0.563. The van der Waals surface area contributed by atoms with Gasteiger partial charge in [-0.2, -0.15) is 0 Å². The zero-order valence-electron chi connectivity index (χ0n) is 19.6. The lowest BCUT2D eigenvalue weighted by Crippen LogP contribution is -2.53. The Morgan fingerprint density at radius 3 is 2.46 bits per heavy atom. The molecule has 2 aliphatic rings. The van der Waals surface area contributed by atoms with Gasteiger partial charge in [-0.1, -0.05) is 6.08 Å². The molecule has 4 rings (SSSR count). The van der Waals surface area contributed by atoms with Gasteiger partial charge in [0, 0.05) is 30.8 Å². The first-order valence-corrected chi connectivity index (χ1v) is 11.5. The Labute approximate surface area is 204 Å². The fourth-order valence-corrected chi connectivity index (χ4v) is 4.29. The number of benzene rings is 2. The van der Waals surface area contributed by atoms with Crippen molar-refractivity contribution < 1.29 is 28.6 Å². The Bertz CT molecular complexity index is 1090. The molecule has 2 aromatic carbocycles. The maximum Gasteiger partial charge on any atom is 0.253 e. The zero-order valence-corrected chi connectivity index (χ0v) is 19.6. The summed E-state index contributed by atoms with van der Waals surface area (Å²) in [5.74, 6) is 0.914. The van der Waals surface area contributed by atoms with Gasteiger partial charge in [0.1, 0.15) is 11.8 Å². The number of piperidine rings is 1. The molecule has 0 aliphatic carbocycles. The van der Waals surface area contributed by atoms with Crippen LogP contribution in [-0.4, -0.2) is 62.2 Å². The largest absolute Gasteiger partial charge is 0.497 e. The van der Waals surface area contributed by atoms with E-state index >= 15 is 0 Å². The molecular formula is C26H29N3O6. The summed E-state index contributed by atoms with van der Waals surface area (Å²) in [6.07, 6.45) is 2.75. The van der Waals surface area contributed by atoms with Crippen LogP contribution in [0.25, 0.3) is 0 Å². The van der Waals surface area contributed by atoms with Crippen LogP contribution in [0, 0.1) is 5.92 Å². The van der Waals surface area contributed by atoms with Gasteiger partial charge < -0.3 is 29.7 Å². The Morgan fingerprint density at radius 1 is 1.09 bits per heavy atom. The SMILES string of the molecule is C=CCNC(=O)[C@H](NC(=O)c1ccc2c(c1)OCO2)C1CCN(C(=O)c2ccc(OC)cc2)CC1. The van der Waals surface area contributed by atoms with Crippen molar-refractivity contribution in [2.75, 3.05) is 33.5 Å². The minimum absolute atomic E-state index is 0.0665. The Balaban J connectivity index is 1.42. The van der Waals surface area contributed by atoms with E-state index in [-0.39, 0.29) is 30.4 Å². The Kier molecular flexibility index (Phi) is 7.54. The van der Waals surface area contributed by atoms with E-state index in [9.17, 15) is 14.4 Å². The van der Waals surface area contributed by atoms with E-state index in [2.05, 4.69) is 17.2 Å². The molecule has 2 aromatic rings. The molecule has 0 bridgehead atoms. The lowest BCUT2D eigenvalue weighted by molar-refractivity contribution is -0.124. The van der Waals surface area contributed by atoms with Crippen molar-refractivity contribution in [3.05, 3.63) is 66.2 Å². The number of rotatable bonds is 8. The first kappa shape index (κ1) is 24.1. The second-order valence-electron chi connectivity index (χ2n) is 8.41. The first-order chi connectivity index (χ1) is 17.0. The molecule has 0 saturated carbocycles. The first-order valence-electron chi connectivity index (χ1n) is 11.5. The molecule has 0 spiro atoms. The fourth-order valence-electron chi connectivity index (χ4n) is 4.29. The number of ether oxygens (including phenoxy) is 3. The van der Waals surface area contributed by atoms with Gasteiger partial charge >= 0.3 is 0 Å². The Morgan fingerprint density at radius 2 is 1.77 bits per heavy atom. The van der Waals surface area contributed by atoms with Crippen molar-refractivity contribution in [3.63, 3.8) is 0 Å².